The second kappa shape index (κ2) is 6.81. The summed E-state index contributed by atoms with van der Waals surface area (Å²) in [5.74, 6) is 0. The topological polar surface area (TPSA) is 0 Å². The van der Waals surface area contributed by atoms with Crippen molar-refractivity contribution in [2.45, 2.75) is 44.4 Å². The van der Waals surface area contributed by atoms with Crippen LogP contribution in [0.1, 0.15) is 37.8 Å². The molecule has 2 aromatic carbocycles. The van der Waals surface area contributed by atoms with Gasteiger partial charge in [-0.05, 0) is 41.2 Å². The van der Waals surface area contributed by atoms with Crippen LogP contribution in [0, 0.1) is 0 Å². The van der Waals surface area contributed by atoms with E-state index in [1.165, 1.54) is 35.1 Å². The van der Waals surface area contributed by atoms with Crippen LogP contribution in [0.15, 0.2) is 47.4 Å². The predicted molar refractivity (Wildman–Crippen MR) is 87.1 cm³/mol. The number of benzene rings is 2. The van der Waals surface area contributed by atoms with Gasteiger partial charge in [0.2, 0.25) is 0 Å². The molecule has 0 nitrogen and oxygen atoms in total. The first-order valence-corrected chi connectivity index (χ1v) is 7.61. The summed E-state index contributed by atoms with van der Waals surface area (Å²) in [5, 5.41) is 0. The minimum absolute atomic E-state index is 1.09. The van der Waals surface area contributed by atoms with Crippen LogP contribution < -0.4 is 0 Å². The molecule has 0 radical (unpaired) electrons. The van der Waals surface area contributed by atoms with Gasteiger partial charge < -0.3 is 0 Å². The summed E-state index contributed by atoms with van der Waals surface area (Å²) < 4.78 is 0. The van der Waals surface area contributed by atoms with Gasteiger partial charge >= 0.3 is 0 Å². The Morgan fingerprint density at radius 1 is 0.842 bits per heavy atom. The molecule has 0 spiro atoms. The molecule has 0 saturated heterocycles. The lowest BCUT2D eigenvalue weighted by Gasteiger charge is -2.17. The maximum Gasteiger partial charge on any atom is 0.0122 e. The highest BCUT2D eigenvalue weighted by Crippen LogP contribution is 2.33. The van der Waals surface area contributed by atoms with Gasteiger partial charge in [-0.15, -0.1) is 12.6 Å². The third-order valence-corrected chi connectivity index (χ3v) is 3.84. The first kappa shape index (κ1) is 14.2. The molecule has 100 valence electrons. The summed E-state index contributed by atoms with van der Waals surface area (Å²) in [6, 6.07) is 15.0. The fourth-order valence-corrected chi connectivity index (χ4v) is 2.98. The van der Waals surface area contributed by atoms with E-state index in [0.717, 1.165) is 17.7 Å². The van der Waals surface area contributed by atoms with E-state index in [0.29, 0.717) is 0 Å². The zero-order valence-electron chi connectivity index (χ0n) is 11.8. The van der Waals surface area contributed by atoms with Crippen molar-refractivity contribution in [2.24, 2.45) is 0 Å². The zero-order chi connectivity index (χ0) is 13.7. The standard InChI is InChI=1S/C18H22S/c1-3-8-14-12-13-17(19)18(16(14)9-4-2)15-10-6-5-7-11-15/h5-7,10-13,19H,3-4,8-9H2,1-2H3. The molecule has 0 unspecified atom stereocenters. The summed E-state index contributed by atoms with van der Waals surface area (Å²) in [5.41, 5.74) is 5.59. The molecule has 0 aromatic heterocycles. The molecule has 0 saturated carbocycles. The molecule has 0 aliphatic rings. The molecule has 0 heterocycles. The molecule has 0 amide bonds. The molecule has 19 heavy (non-hydrogen) atoms. The summed E-state index contributed by atoms with van der Waals surface area (Å²) in [7, 11) is 0. The summed E-state index contributed by atoms with van der Waals surface area (Å²) in [6.45, 7) is 4.49. The van der Waals surface area contributed by atoms with Crippen molar-refractivity contribution in [3.63, 3.8) is 0 Å². The van der Waals surface area contributed by atoms with E-state index in [2.05, 4.69) is 68.9 Å². The van der Waals surface area contributed by atoms with Crippen molar-refractivity contribution < 1.29 is 0 Å². The van der Waals surface area contributed by atoms with Gasteiger partial charge in [-0.2, -0.15) is 0 Å². The molecular formula is C18H22S. The Hall–Kier alpha value is -1.21. The molecular weight excluding hydrogens is 248 g/mol. The van der Waals surface area contributed by atoms with E-state index in [4.69, 9.17) is 0 Å². The Bertz CT molecular complexity index is 529. The minimum Gasteiger partial charge on any atom is -0.143 e. The second-order valence-corrected chi connectivity index (χ2v) is 5.45. The van der Waals surface area contributed by atoms with Gasteiger partial charge in [0.15, 0.2) is 0 Å². The van der Waals surface area contributed by atoms with Crippen molar-refractivity contribution in [1.82, 2.24) is 0 Å². The van der Waals surface area contributed by atoms with E-state index in [1.807, 2.05) is 0 Å². The van der Waals surface area contributed by atoms with Gasteiger partial charge in [-0.1, -0.05) is 63.1 Å². The highest BCUT2D eigenvalue weighted by molar-refractivity contribution is 7.80. The largest absolute Gasteiger partial charge is 0.143 e. The molecule has 0 aliphatic heterocycles. The van der Waals surface area contributed by atoms with Crippen molar-refractivity contribution in [3.8, 4) is 11.1 Å². The van der Waals surface area contributed by atoms with Crippen molar-refractivity contribution >= 4 is 12.6 Å². The average molecular weight is 270 g/mol. The van der Waals surface area contributed by atoms with E-state index in [-0.39, 0.29) is 0 Å². The zero-order valence-corrected chi connectivity index (χ0v) is 12.7. The smallest absolute Gasteiger partial charge is 0.0122 e. The molecule has 0 atom stereocenters. The SMILES string of the molecule is CCCc1ccc(S)c(-c2ccccc2)c1CCC. The van der Waals surface area contributed by atoms with E-state index in [9.17, 15) is 0 Å². The monoisotopic (exact) mass is 270 g/mol. The summed E-state index contributed by atoms with van der Waals surface area (Å²) in [4.78, 5) is 1.09. The third-order valence-electron chi connectivity index (χ3n) is 3.47. The Kier molecular flexibility index (Phi) is 5.09. The quantitative estimate of drug-likeness (QED) is 0.677. The van der Waals surface area contributed by atoms with Crippen LogP contribution in [0.3, 0.4) is 0 Å². The van der Waals surface area contributed by atoms with Gasteiger partial charge in [0.05, 0.1) is 0 Å². The fraction of sp³-hybridized carbons (Fsp3) is 0.333. The Morgan fingerprint density at radius 3 is 2.16 bits per heavy atom. The van der Waals surface area contributed by atoms with E-state index >= 15 is 0 Å². The predicted octanol–water partition coefficient (Wildman–Crippen LogP) is 5.55. The molecule has 0 fully saturated rings. The first-order chi connectivity index (χ1) is 9.27. The molecule has 2 aromatic rings. The van der Waals surface area contributed by atoms with Crippen LogP contribution in [-0.2, 0) is 12.8 Å². The number of aryl methyl sites for hydroxylation is 1. The van der Waals surface area contributed by atoms with Crippen molar-refractivity contribution in [3.05, 3.63) is 53.6 Å². The second-order valence-electron chi connectivity index (χ2n) is 4.96. The Balaban J connectivity index is 2.59. The number of thiol groups is 1. The average Bonchev–Trinajstić information content (AvgIpc) is 2.43. The molecule has 0 N–H and O–H groups in total. The van der Waals surface area contributed by atoms with Crippen molar-refractivity contribution in [2.75, 3.05) is 0 Å². The van der Waals surface area contributed by atoms with Gasteiger partial charge in [-0.25, -0.2) is 0 Å². The van der Waals surface area contributed by atoms with Gasteiger partial charge in [0.1, 0.15) is 0 Å². The van der Waals surface area contributed by atoms with Gasteiger partial charge in [0, 0.05) is 4.90 Å². The molecule has 0 bridgehead atoms. The normalized spacial score (nSPS) is 10.7. The molecule has 2 rings (SSSR count). The lowest BCUT2D eigenvalue weighted by atomic mass is 9.90. The molecule has 0 aliphatic carbocycles. The van der Waals surface area contributed by atoms with Crippen LogP contribution in [0.4, 0.5) is 0 Å². The minimum atomic E-state index is 1.09. The summed E-state index contributed by atoms with van der Waals surface area (Å²) >= 11 is 4.69. The van der Waals surface area contributed by atoms with E-state index in [1.54, 1.807) is 0 Å². The van der Waals surface area contributed by atoms with Crippen LogP contribution >= 0.6 is 12.6 Å². The highest BCUT2D eigenvalue weighted by atomic mass is 32.1. The Morgan fingerprint density at radius 2 is 1.53 bits per heavy atom. The number of rotatable bonds is 5. The third kappa shape index (κ3) is 3.22. The maximum atomic E-state index is 4.69. The van der Waals surface area contributed by atoms with Crippen molar-refractivity contribution in [1.29, 1.82) is 0 Å². The van der Waals surface area contributed by atoms with Crippen LogP contribution in [0.2, 0.25) is 0 Å². The molecule has 1 heteroatoms. The van der Waals surface area contributed by atoms with E-state index < -0.39 is 0 Å². The van der Waals surface area contributed by atoms with Crippen LogP contribution in [-0.4, -0.2) is 0 Å². The van der Waals surface area contributed by atoms with Gasteiger partial charge in [0.25, 0.3) is 0 Å². The van der Waals surface area contributed by atoms with Crippen LogP contribution in [0.5, 0.6) is 0 Å². The van der Waals surface area contributed by atoms with Gasteiger partial charge in [-0.3, -0.25) is 0 Å². The number of hydrogen-bond acceptors (Lipinski definition) is 1. The van der Waals surface area contributed by atoms with Crippen LogP contribution in [0.25, 0.3) is 11.1 Å². The maximum absolute atomic E-state index is 4.69. The first-order valence-electron chi connectivity index (χ1n) is 7.17. The lowest BCUT2D eigenvalue weighted by molar-refractivity contribution is 0.859. The fourth-order valence-electron chi connectivity index (χ4n) is 2.64. The summed E-state index contributed by atoms with van der Waals surface area (Å²) in [6.07, 6.45) is 4.65. The number of hydrogen-bond donors (Lipinski definition) is 1. The lowest BCUT2D eigenvalue weighted by Crippen LogP contribution is -1.98. The highest BCUT2D eigenvalue weighted by Gasteiger charge is 2.12. The Labute approximate surface area is 122 Å².